The molecule has 2 saturated heterocycles. The lowest BCUT2D eigenvalue weighted by Gasteiger charge is -2.35. The van der Waals surface area contributed by atoms with Gasteiger partial charge in [-0.05, 0) is 56.5 Å². The molecule has 20 heavy (non-hydrogen) atoms. The summed E-state index contributed by atoms with van der Waals surface area (Å²) in [4.78, 5) is 14.8. The van der Waals surface area contributed by atoms with E-state index >= 15 is 0 Å². The van der Waals surface area contributed by atoms with Gasteiger partial charge in [-0.2, -0.15) is 0 Å². The van der Waals surface area contributed by atoms with E-state index in [1.54, 1.807) is 0 Å². The molecule has 2 aliphatic rings. The minimum Gasteiger partial charge on any atom is -0.388 e. The Labute approximate surface area is 120 Å². The normalized spacial score (nSPS) is 26.1. The van der Waals surface area contributed by atoms with E-state index in [0.717, 1.165) is 30.6 Å². The van der Waals surface area contributed by atoms with Gasteiger partial charge in [-0.15, -0.1) is 0 Å². The topological polar surface area (TPSA) is 44.4 Å². The zero-order chi connectivity index (χ0) is 13.9. The molecule has 108 valence electrons. The molecule has 4 nitrogen and oxygen atoms in total. The van der Waals surface area contributed by atoms with Crippen LogP contribution in [0, 0.1) is 0 Å². The summed E-state index contributed by atoms with van der Waals surface area (Å²) in [6.07, 6.45) is 4.80. The Kier molecular flexibility index (Phi) is 3.92. The molecule has 1 aromatic carbocycles. The lowest BCUT2D eigenvalue weighted by atomic mass is 9.97. The van der Waals surface area contributed by atoms with Crippen molar-refractivity contribution in [2.75, 3.05) is 25.5 Å². The van der Waals surface area contributed by atoms with E-state index in [2.05, 4.69) is 15.5 Å². The minimum absolute atomic E-state index is 0.0594. The molecular weight excluding hydrogens is 250 g/mol. The van der Waals surface area contributed by atoms with E-state index in [4.69, 9.17) is 0 Å². The zero-order valence-electron chi connectivity index (χ0n) is 12.1. The van der Waals surface area contributed by atoms with Gasteiger partial charge in [-0.1, -0.05) is 0 Å². The van der Waals surface area contributed by atoms with Gasteiger partial charge < -0.3 is 15.5 Å². The number of carbonyl (C=O) groups excluding carboxylic acids is 1. The molecule has 2 aliphatic heterocycles. The van der Waals surface area contributed by atoms with Crippen LogP contribution in [0.3, 0.4) is 0 Å². The van der Waals surface area contributed by atoms with E-state index in [1.165, 1.54) is 19.4 Å². The van der Waals surface area contributed by atoms with Crippen molar-refractivity contribution in [3.8, 4) is 0 Å². The molecule has 1 amide bonds. The van der Waals surface area contributed by atoms with Crippen molar-refractivity contribution in [1.29, 1.82) is 0 Å². The minimum atomic E-state index is 0.0594. The SMILES string of the molecule is CNc1ccc(C(=O)NC2CCN3CCCC3C2)cc1. The van der Waals surface area contributed by atoms with Gasteiger partial charge >= 0.3 is 0 Å². The van der Waals surface area contributed by atoms with Crippen LogP contribution in [-0.2, 0) is 0 Å². The Balaban J connectivity index is 1.58. The number of piperidine rings is 1. The first kappa shape index (κ1) is 13.4. The summed E-state index contributed by atoms with van der Waals surface area (Å²) in [5.74, 6) is 0.0594. The Morgan fingerprint density at radius 2 is 2.00 bits per heavy atom. The Hall–Kier alpha value is -1.55. The average molecular weight is 273 g/mol. The monoisotopic (exact) mass is 273 g/mol. The van der Waals surface area contributed by atoms with Crippen LogP contribution in [0.1, 0.15) is 36.0 Å². The van der Waals surface area contributed by atoms with Crippen LogP contribution in [0.4, 0.5) is 5.69 Å². The summed E-state index contributed by atoms with van der Waals surface area (Å²) in [6.45, 7) is 2.38. The highest BCUT2D eigenvalue weighted by Crippen LogP contribution is 2.27. The Morgan fingerprint density at radius 1 is 1.20 bits per heavy atom. The average Bonchev–Trinajstić information content (AvgIpc) is 2.95. The van der Waals surface area contributed by atoms with Crippen molar-refractivity contribution in [3.63, 3.8) is 0 Å². The number of nitrogens with one attached hydrogen (secondary N) is 2. The molecule has 2 unspecified atom stereocenters. The predicted molar refractivity (Wildman–Crippen MR) is 81.1 cm³/mol. The second-order valence-corrected chi connectivity index (χ2v) is 5.85. The number of benzene rings is 1. The van der Waals surface area contributed by atoms with Gasteiger partial charge in [0.05, 0.1) is 0 Å². The fourth-order valence-electron chi connectivity index (χ4n) is 3.41. The molecule has 2 fully saturated rings. The third-order valence-corrected chi connectivity index (χ3v) is 4.59. The van der Waals surface area contributed by atoms with Gasteiger partial charge in [0.15, 0.2) is 0 Å². The van der Waals surface area contributed by atoms with E-state index in [0.29, 0.717) is 12.1 Å². The number of amides is 1. The third kappa shape index (κ3) is 2.80. The second kappa shape index (κ2) is 5.83. The number of nitrogens with zero attached hydrogens (tertiary/aromatic N) is 1. The first-order valence-electron chi connectivity index (χ1n) is 7.59. The zero-order valence-corrected chi connectivity index (χ0v) is 12.1. The van der Waals surface area contributed by atoms with Crippen LogP contribution in [0.15, 0.2) is 24.3 Å². The largest absolute Gasteiger partial charge is 0.388 e. The number of hydrogen-bond donors (Lipinski definition) is 2. The second-order valence-electron chi connectivity index (χ2n) is 5.85. The number of hydrogen-bond acceptors (Lipinski definition) is 3. The van der Waals surface area contributed by atoms with Gasteiger partial charge in [0, 0.05) is 36.9 Å². The lowest BCUT2D eigenvalue weighted by Crippen LogP contribution is -2.47. The van der Waals surface area contributed by atoms with Crippen LogP contribution in [0.2, 0.25) is 0 Å². The highest BCUT2D eigenvalue weighted by molar-refractivity contribution is 5.94. The smallest absolute Gasteiger partial charge is 0.251 e. The van der Waals surface area contributed by atoms with Gasteiger partial charge in [-0.25, -0.2) is 0 Å². The molecule has 3 rings (SSSR count). The fourth-order valence-corrected chi connectivity index (χ4v) is 3.41. The summed E-state index contributed by atoms with van der Waals surface area (Å²) in [6, 6.07) is 8.67. The van der Waals surface area contributed by atoms with Crippen molar-refractivity contribution >= 4 is 11.6 Å². The van der Waals surface area contributed by atoms with Crippen molar-refractivity contribution in [3.05, 3.63) is 29.8 Å². The van der Waals surface area contributed by atoms with Crippen molar-refractivity contribution < 1.29 is 4.79 Å². The molecule has 0 aromatic heterocycles. The molecule has 0 aliphatic carbocycles. The molecular formula is C16H23N3O. The third-order valence-electron chi connectivity index (χ3n) is 4.59. The van der Waals surface area contributed by atoms with E-state index in [9.17, 15) is 4.79 Å². The van der Waals surface area contributed by atoms with E-state index in [1.807, 2.05) is 31.3 Å². The fraction of sp³-hybridized carbons (Fsp3) is 0.562. The molecule has 2 atom stereocenters. The molecule has 2 N–H and O–H groups in total. The molecule has 0 bridgehead atoms. The lowest BCUT2D eigenvalue weighted by molar-refractivity contribution is 0.0896. The van der Waals surface area contributed by atoms with Crippen LogP contribution < -0.4 is 10.6 Å². The van der Waals surface area contributed by atoms with Gasteiger partial charge in [-0.3, -0.25) is 4.79 Å². The predicted octanol–water partition coefficient (Wildman–Crippen LogP) is 2.08. The number of anilines is 1. The molecule has 2 heterocycles. The summed E-state index contributed by atoms with van der Waals surface area (Å²) in [7, 11) is 1.88. The Morgan fingerprint density at radius 3 is 2.75 bits per heavy atom. The van der Waals surface area contributed by atoms with Crippen LogP contribution in [0.25, 0.3) is 0 Å². The standard InChI is InChI=1S/C16H23N3O/c1-17-13-6-4-12(5-7-13)16(20)18-14-8-10-19-9-2-3-15(19)11-14/h4-7,14-15,17H,2-3,8-11H2,1H3,(H,18,20). The number of carbonyl (C=O) groups is 1. The number of rotatable bonds is 3. The highest BCUT2D eigenvalue weighted by atomic mass is 16.1. The highest BCUT2D eigenvalue weighted by Gasteiger charge is 2.32. The molecule has 0 radical (unpaired) electrons. The first-order chi connectivity index (χ1) is 9.76. The molecule has 4 heteroatoms. The maximum absolute atomic E-state index is 12.3. The number of fused-ring (bicyclic) bond motifs is 1. The van der Waals surface area contributed by atoms with Gasteiger partial charge in [0.1, 0.15) is 0 Å². The Bertz CT molecular complexity index is 471. The van der Waals surface area contributed by atoms with Crippen molar-refractivity contribution in [2.45, 2.75) is 37.8 Å². The van der Waals surface area contributed by atoms with Crippen LogP contribution in [0.5, 0.6) is 0 Å². The van der Waals surface area contributed by atoms with Gasteiger partial charge in [0.25, 0.3) is 5.91 Å². The summed E-state index contributed by atoms with van der Waals surface area (Å²) >= 11 is 0. The molecule has 0 spiro atoms. The summed E-state index contributed by atoms with van der Waals surface area (Å²) in [5.41, 5.74) is 1.78. The van der Waals surface area contributed by atoms with Crippen molar-refractivity contribution in [1.82, 2.24) is 10.2 Å². The maximum Gasteiger partial charge on any atom is 0.251 e. The molecule has 0 saturated carbocycles. The van der Waals surface area contributed by atoms with Crippen molar-refractivity contribution in [2.24, 2.45) is 0 Å². The van der Waals surface area contributed by atoms with E-state index < -0.39 is 0 Å². The van der Waals surface area contributed by atoms with E-state index in [-0.39, 0.29) is 5.91 Å². The first-order valence-corrected chi connectivity index (χ1v) is 7.59. The maximum atomic E-state index is 12.3. The quantitative estimate of drug-likeness (QED) is 0.886. The molecule has 1 aromatic rings. The van der Waals surface area contributed by atoms with Crippen LogP contribution >= 0.6 is 0 Å². The van der Waals surface area contributed by atoms with Gasteiger partial charge in [0.2, 0.25) is 0 Å². The summed E-state index contributed by atoms with van der Waals surface area (Å²) < 4.78 is 0. The van der Waals surface area contributed by atoms with Crippen LogP contribution in [-0.4, -0.2) is 43.0 Å². The summed E-state index contributed by atoms with van der Waals surface area (Å²) in [5, 5.41) is 6.26.